The van der Waals surface area contributed by atoms with Crippen molar-refractivity contribution in [2.24, 2.45) is 0 Å². The molecule has 1 saturated heterocycles. The summed E-state index contributed by atoms with van der Waals surface area (Å²) >= 11 is 0. The SMILES string of the molecule is CCC(C)N(C(=O)COC(=O)c1c(OC)cccc1OC)C1CCS(=O)(=O)C1. The van der Waals surface area contributed by atoms with E-state index in [0.717, 1.165) is 0 Å². The number of hydrogen-bond donors (Lipinski definition) is 0. The zero-order valence-corrected chi connectivity index (χ0v) is 17.5. The lowest BCUT2D eigenvalue weighted by molar-refractivity contribution is -0.138. The second-order valence-corrected chi connectivity index (χ2v) is 8.96. The highest BCUT2D eigenvalue weighted by molar-refractivity contribution is 7.91. The van der Waals surface area contributed by atoms with Crippen LogP contribution >= 0.6 is 0 Å². The van der Waals surface area contributed by atoms with E-state index in [2.05, 4.69) is 0 Å². The number of hydrogen-bond acceptors (Lipinski definition) is 7. The van der Waals surface area contributed by atoms with Gasteiger partial charge in [0.05, 0.1) is 25.7 Å². The van der Waals surface area contributed by atoms with E-state index in [1.54, 1.807) is 18.2 Å². The normalized spacial score (nSPS) is 18.9. The Hall–Kier alpha value is -2.29. The molecule has 0 saturated carbocycles. The number of carbonyl (C=O) groups excluding carboxylic acids is 2. The maximum atomic E-state index is 12.8. The Kier molecular flexibility index (Phi) is 7.29. The molecule has 0 bridgehead atoms. The first kappa shape index (κ1) is 22.0. The summed E-state index contributed by atoms with van der Waals surface area (Å²) < 4.78 is 39.2. The minimum absolute atomic E-state index is 0.0582. The second kappa shape index (κ2) is 9.27. The number of amides is 1. The first-order chi connectivity index (χ1) is 13.2. The van der Waals surface area contributed by atoms with Gasteiger partial charge >= 0.3 is 5.97 Å². The van der Waals surface area contributed by atoms with Gasteiger partial charge in [-0.15, -0.1) is 0 Å². The van der Waals surface area contributed by atoms with Gasteiger partial charge in [0.1, 0.15) is 17.1 Å². The number of esters is 1. The van der Waals surface area contributed by atoms with E-state index in [9.17, 15) is 18.0 Å². The van der Waals surface area contributed by atoms with Crippen LogP contribution in [0.15, 0.2) is 18.2 Å². The molecule has 1 fully saturated rings. The van der Waals surface area contributed by atoms with Gasteiger partial charge in [-0.05, 0) is 31.9 Å². The van der Waals surface area contributed by atoms with Crippen LogP contribution in [0, 0.1) is 0 Å². The highest BCUT2D eigenvalue weighted by atomic mass is 32.2. The van der Waals surface area contributed by atoms with E-state index in [4.69, 9.17) is 14.2 Å². The molecule has 0 N–H and O–H groups in total. The van der Waals surface area contributed by atoms with Crippen molar-refractivity contribution in [3.63, 3.8) is 0 Å². The zero-order valence-electron chi connectivity index (χ0n) is 16.6. The minimum Gasteiger partial charge on any atom is -0.496 e. The van der Waals surface area contributed by atoms with Crippen LogP contribution < -0.4 is 9.47 Å². The zero-order chi connectivity index (χ0) is 20.9. The van der Waals surface area contributed by atoms with Crippen LogP contribution in [0.5, 0.6) is 11.5 Å². The summed E-state index contributed by atoms with van der Waals surface area (Å²) in [7, 11) is -0.306. The number of sulfone groups is 1. The fourth-order valence-corrected chi connectivity index (χ4v) is 5.04. The molecule has 8 nitrogen and oxygen atoms in total. The van der Waals surface area contributed by atoms with Gasteiger partial charge < -0.3 is 19.1 Å². The van der Waals surface area contributed by atoms with Crippen LogP contribution in [0.25, 0.3) is 0 Å². The number of methoxy groups -OCH3 is 2. The molecule has 2 rings (SSSR count). The van der Waals surface area contributed by atoms with Crippen molar-refractivity contribution in [1.29, 1.82) is 0 Å². The highest BCUT2D eigenvalue weighted by Gasteiger charge is 2.37. The summed E-state index contributed by atoms with van der Waals surface area (Å²) in [6, 6.07) is 4.30. The quantitative estimate of drug-likeness (QED) is 0.598. The summed E-state index contributed by atoms with van der Waals surface area (Å²) in [5, 5.41) is 0. The molecule has 9 heteroatoms. The van der Waals surface area contributed by atoms with Crippen LogP contribution in [0.3, 0.4) is 0 Å². The summed E-state index contributed by atoms with van der Waals surface area (Å²) in [5.74, 6) is -0.604. The first-order valence-corrected chi connectivity index (χ1v) is 11.0. The summed E-state index contributed by atoms with van der Waals surface area (Å²) in [4.78, 5) is 26.9. The minimum atomic E-state index is -3.14. The largest absolute Gasteiger partial charge is 0.496 e. The fraction of sp³-hybridized carbons (Fsp3) is 0.579. The van der Waals surface area contributed by atoms with E-state index in [-0.39, 0.29) is 34.6 Å². The Balaban J connectivity index is 2.14. The topological polar surface area (TPSA) is 99.2 Å². The van der Waals surface area contributed by atoms with Crippen molar-refractivity contribution in [3.8, 4) is 11.5 Å². The van der Waals surface area contributed by atoms with Gasteiger partial charge in [-0.2, -0.15) is 0 Å². The molecule has 1 aliphatic heterocycles. The van der Waals surface area contributed by atoms with Gasteiger partial charge in [0.25, 0.3) is 5.91 Å². The average molecular weight is 413 g/mol. The van der Waals surface area contributed by atoms with Crippen molar-refractivity contribution in [3.05, 3.63) is 23.8 Å². The molecule has 156 valence electrons. The van der Waals surface area contributed by atoms with E-state index < -0.39 is 34.4 Å². The van der Waals surface area contributed by atoms with E-state index in [0.29, 0.717) is 12.8 Å². The maximum Gasteiger partial charge on any atom is 0.346 e. The Bertz CT molecular complexity index is 799. The van der Waals surface area contributed by atoms with Gasteiger partial charge in [-0.3, -0.25) is 4.79 Å². The molecular formula is C19H27NO7S. The Morgan fingerprint density at radius 3 is 2.29 bits per heavy atom. The smallest absolute Gasteiger partial charge is 0.346 e. The van der Waals surface area contributed by atoms with Gasteiger partial charge in [-0.1, -0.05) is 13.0 Å². The standard InChI is InChI=1S/C19H27NO7S/c1-5-13(2)20(14-9-10-28(23,24)12-14)17(21)11-27-19(22)18-15(25-3)7-6-8-16(18)26-4/h6-8,13-14H,5,9-12H2,1-4H3. The molecule has 2 unspecified atom stereocenters. The third kappa shape index (κ3) is 4.95. The molecule has 1 heterocycles. The molecule has 0 aliphatic carbocycles. The Morgan fingerprint density at radius 2 is 1.82 bits per heavy atom. The number of nitrogens with zero attached hydrogens (tertiary/aromatic N) is 1. The summed E-state index contributed by atoms with van der Waals surface area (Å²) in [5.41, 5.74) is 0.0961. The molecular weight excluding hydrogens is 386 g/mol. The maximum absolute atomic E-state index is 12.8. The lowest BCUT2D eigenvalue weighted by Crippen LogP contribution is -2.48. The third-order valence-electron chi connectivity index (χ3n) is 4.91. The van der Waals surface area contributed by atoms with Crippen molar-refractivity contribution >= 4 is 21.7 Å². The molecule has 1 aliphatic rings. The van der Waals surface area contributed by atoms with Gasteiger partial charge in [0.2, 0.25) is 0 Å². The molecule has 0 aromatic heterocycles. The molecule has 1 aromatic rings. The summed E-state index contributed by atoms with van der Waals surface area (Å²) in [6.45, 7) is 3.29. The van der Waals surface area contributed by atoms with Crippen LogP contribution in [0.1, 0.15) is 37.0 Å². The number of benzene rings is 1. The Morgan fingerprint density at radius 1 is 1.21 bits per heavy atom. The molecule has 0 radical (unpaired) electrons. The number of carbonyl (C=O) groups is 2. The van der Waals surface area contributed by atoms with Gasteiger partial charge in [-0.25, -0.2) is 13.2 Å². The predicted octanol–water partition coefficient (Wildman–Crippen LogP) is 1.67. The van der Waals surface area contributed by atoms with E-state index in [1.807, 2.05) is 13.8 Å². The molecule has 2 atom stereocenters. The number of ether oxygens (including phenoxy) is 3. The fourth-order valence-electron chi connectivity index (χ4n) is 3.33. The Labute approximate surface area is 165 Å². The molecule has 1 amide bonds. The molecule has 0 spiro atoms. The monoisotopic (exact) mass is 413 g/mol. The summed E-state index contributed by atoms with van der Waals surface area (Å²) in [6.07, 6.45) is 1.06. The lowest BCUT2D eigenvalue weighted by atomic mass is 10.1. The van der Waals surface area contributed by atoms with Gasteiger partial charge in [0.15, 0.2) is 16.4 Å². The average Bonchev–Trinajstić information content (AvgIpc) is 3.04. The highest BCUT2D eigenvalue weighted by Crippen LogP contribution is 2.29. The lowest BCUT2D eigenvalue weighted by Gasteiger charge is -2.33. The third-order valence-corrected chi connectivity index (χ3v) is 6.66. The second-order valence-electron chi connectivity index (χ2n) is 6.73. The van der Waals surface area contributed by atoms with Crippen LogP contribution in [0.4, 0.5) is 0 Å². The van der Waals surface area contributed by atoms with Crippen LogP contribution in [-0.2, 0) is 19.4 Å². The number of rotatable bonds is 8. The van der Waals surface area contributed by atoms with Crippen molar-refractivity contribution in [2.45, 2.75) is 38.8 Å². The van der Waals surface area contributed by atoms with Gasteiger partial charge in [0, 0.05) is 12.1 Å². The van der Waals surface area contributed by atoms with Crippen LogP contribution in [-0.4, -0.2) is 69.6 Å². The first-order valence-electron chi connectivity index (χ1n) is 9.13. The van der Waals surface area contributed by atoms with Crippen molar-refractivity contribution < 1.29 is 32.2 Å². The molecule has 28 heavy (non-hydrogen) atoms. The molecule has 1 aromatic carbocycles. The van der Waals surface area contributed by atoms with E-state index in [1.165, 1.54) is 19.1 Å². The van der Waals surface area contributed by atoms with Crippen molar-refractivity contribution in [2.75, 3.05) is 32.3 Å². The van der Waals surface area contributed by atoms with Crippen molar-refractivity contribution in [1.82, 2.24) is 4.90 Å². The van der Waals surface area contributed by atoms with Crippen LogP contribution in [0.2, 0.25) is 0 Å². The van der Waals surface area contributed by atoms with E-state index >= 15 is 0 Å². The predicted molar refractivity (Wildman–Crippen MR) is 103 cm³/mol.